The van der Waals surface area contributed by atoms with Crippen LogP contribution in [-0.4, -0.2) is 61.2 Å². The Hall–Kier alpha value is -1.36. The van der Waals surface area contributed by atoms with Crippen molar-refractivity contribution >= 4 is 11.6 Å². The Balaban J connectivity index is 2.03. The van der Waals surface area contributed by atoms with E-state index in [9.17, 15) is 0 Å². The first kappa shape index (κ1) is 13.1. The van der Waals surface area contributed by atoms with E-state index < -0.39 is 0 Å². The van der Waals surface area contributed by atoms with Crippen molar-refractivity contribution < 1.29 is 0 Å². The first-order chi connectivity index (χ1) is 8.58. The molecular weight excluding hydrogens is 226 g/mol. The number of anilines is 2. The fourth-order valence-corrected chi connectivity index (χ4v) is 2.22. The van der Waals surface area contributed by atoms with E-state index in [4.69, 9.17) is 0 Å². The Labute approximate surface area is 109 Å². The molecule has 1 saturated heterocycles. The maximum absolute atomic E-state index is 4.38. The summed E-state index contributed by atoms with van der Waals surface area (Å²) in [5.41, 5.74) is 0. The van der Waals surface area contributed by atoms with Crippen LogP contribution in [0.25, 0.3) is 0 Å². The van der Waals surface area contributed by atoms with Gasteiger partial charge >= 0.3 is 0 Å². The number of hydrogen-bond acceptors (Lipinski definition) is 5. The lowest BCUT2D eigenvalue weighted by molar-refractivity contribution is 0.209. The highest BCUT2D eigenvalue weighted by atomic mass is 15.3. The maximum Gasteiger partial charge on any atom is 0.134 e. The van der Waals surface area contributed by atoms with Crippen LogP contribution in [0.4, 0.5) is 11.6 Å². The molecule has 0 bridgehead atoms. The molecule has 100 valence electrons. The van der Waals surface area contributed by atoms with Crippen LogP contribution < -0.4 is 9.80 Å². The molecular formula is C13H23N5. The van der Waals surface area contributed by atoms with Crippen molar-refractivity contribution in [1.29, 1.82) is 0 Å². The summed E-state index contributed by atoms with van der Waals surface area (Å²) in [6.07, 6.45) is 1.65. The predicted molar refractivity (Wildman–Crippen MR) is 75.3 cm³/mol. The van der Waals surface area contributed by atoms with E-state index >= 15 is 0 Å². The zero-order valence-corrected chi connectivity index (χ0v) is 11.8. The fraction of sp³-hybridized carbons (Fsp3) is 0.692. The molecule has 1 aromatic heterocycles. The molecule has 0 aromatic carbocycles. The number of aromatic nitrogens is 2. The van der Waals surface area contributed by atoms with E-state index in [-0.39, 0.29) is 0 Å². The van der Waals surface area contributed by atoms with Crippen molar-refractivity contribution in [2.45, 2.75) is 19.9 Å². The fourth-order valence-electron chi connectivity index (χ4n) is 2.22. The summed E-state index contributed by atoms with van der Waals surface area (Å²) >= 11 is 0. The van der Waals surface area contributed by atoms with E-state index in [2.05, 4.69) is 39.7 Å². The average molecular weight is 249 g/mol. The molecule has 2 heterocycles. The molecule has 1 aromatic rings. The number of piperazine rings is 1. The van der Waals surface area contributed by atoms with Gasteiger partial charge in [0.1, 0.15) is 18.0 Å². The summed E-state index contributed by atoms with van der Waals surface area (Å²) in [4.78, 5) is 15.5. The monoisotopic (exact) mass is 249 g/mol. The van der Waals surface area contributed by atoms with Crippen molar-refractivity contribution in [1.82, 2.24) is 14.9 Å². The molecule has 0 unspecified atom stereocenters. The van der Waals surface area contributed by atoms with Crippen LogP contribution in [-0.2, 0) is 0 Å². The zero-order chi connectivity index (χ0) is 13.1. The van der Waals surface area contributed by atoms with Gasteiger partial charge in [0, 0.05) is 52.4 Å². The van der Waals surface area contributed by atoms with E-state index in [1.165, 1.54) is 0 Å². The molecule has 1 aliphatic rings. The highest BCUT2D eigenvalue weighted by molar-refractivity contribution is 5.49. The smallest absolute Gasteiger partial charge is 0.134 e. The number of hydrogen-bond donors (Lipinski definition) is 0. The van der Waals surface area contributed by atoms with Crippen molar-refractivity contribution in [2.75, 3.05) is 50.1 Å². The summed E-state index contributed by atoms with van der Waals surface area (Å²) in [6.45, 7) is 8.82. The second-order valence-corrected chi connectivity index (χ2v) is 5.25. The highest BCUT2D eigenvalue weighted by Crippen LogP contribution is 2.18. The molecule has 5 heteroatoms. The summed E-state index contributed by atoms with van der Waals surface area (Å²) in [5.74, 6) is 2.00. The summed E-state index contributed by atoms with van der Waals surface area (Å²) in [5, 5.41) is 0. The minimum Gasteiger partial charge on any atom is -0.363 e. The van der Waals surface area contributed by atoms with Gasteiger partial charge in [-0.05, 0) is 13.8 Å². The van der Waals surface area contributed by atoms with Crippen molar-refractivity contribution in [3.05, 3.63) is 12.4 Å². The van der Waals surface area contributed by atoms with Crippen LogP contribution in [0.3, 0.4) is 0 Å². The van der Waals surface area contributed by atoms with E-state index in [0.717, 1.165) is 37.8 Å². The van der Waals surface area contributed by atoms with Gasteiger partial charge in [0.2, 0.25) is 0 Å². The molecule has 0 atom stereocenters. The zero-order valence-electron chi connectivity index (χ0n) is 11.8. The summed E-state index contributed by atoms with van der Waals surface area (Å²) in [7, 11) is 4.01. The molecule has 5 nitrogen and oxygen atoms in total. The Morgan fingerprint density at radius 2 is 1.78 bits per heavy atom. The van der Waals surface area contributed by atoms with Crippen LogP contribution >= 0.6 is 0 Å². The molecule has 0 amide bonds. The van der Waals surface area contributed by atoms with Gasteiger partial charge in [-0.1, -0.05) is 0 Å². The average Bonchev–Trinajstić information content (AvgIpc) is 2.39. The molecule has 0 aliphatic carbocycles. The largest absolute Gasteiger partial charge is 0.363 e. The number of nitrogens with zero attached hydrogens (tertiary/aromatic N) is 5. The Bertz CT molecular complexity index is 383. The van der Waals surface area contributed by atoms with Gasteiger partial charge in [0.25, 0.3) is 0 Å². The van der Waals surface area contributed by atoms with Crippen molar-refractivity contribution in [3.63, 3.8) is 0 Å². The third-order valence-corrected chi connectivity index (χ3v) is 3.46. The maximum atomic E-state index is 4.38. The molecule has 18 heavy (non-hydrogen) atoms. The van der Waals surface area contributed by atoms with Gasteiger partial charge in [-0.3, -0.25) is 4.90 Å². The quantitative estimate of drug-likeness (QED) is 0.801. The summed E-state index contributed by atoms with van der Waals surface area (Å²) in [6, 6.07) is 2.69. The third kappa shape index (κ3) is 2.90. The van der Waals surface area contributed by atoms with Gasteiger partial charge in [0.05, 0.1) is 0 Å². The van der Waals surface area contributed by atoms with Crippen LogP contribution in [0.5, 0.6) is 0 Å². The van der Waals surface area contributed by atoms with E-state index in [0.29, 0.717) is 6.04 Å². The lowest BCUT2D eigenvalue weighted by Crippen LogP contribution is -2.49. The third-order valence-electron chi connectivity index (χ3n) is 3.46. The Kier molecular flexibility index (Phi) is 4.01. The second kappa shape index (κ2) is 5.52. The first-order valence-corrected chi connectivity index (χ1v) is 6.56. The van der Waals surface area contributed by atoms with Crippen LogP contribution in [0, 0.1) is 0 Å². The van der Waals surface area contributed by atoms with Crippen LogP contribution in [0.15, 0.2) is 12.4 Å². The molecule has 1 fully saturated rings. The minimum atomic E-state index is 0.634. The van der Waals surface area contributed by atoms with Gasteiger partial charge < -0.3 is 9.80 Å². The number of rotatable bonds is 3. The molecule has 1 aliphatic heterocycles. The Morgan fingerprint density at radius 3 is 2.33 bits per heavy atom. The molecule has 0 radical (unpaired) electrons. The predicted octanol–water partition coefficient (Wildman–Crippen LogP) is 1.07. The standard InChI is InChI=1S/C13H23N5/c1-11(2)17-5-7-18(8-6-17)13-9-12(16(3)4)14-10-15-13/h9-11H,5-8H2,1-4H3. The van der Waals surface area contributed by atoms with Crippen LogP contribution in [0.1, 0.15) is 13.8 Å². The minimum absolute atomic E-state index is 0.634. The van der Waals surface area contributed by atoms with Gasteiger partial charge in [0.15, 0.2) is 0 Å². The van der Waals surface area contributed by atoms with Gasteiger partial charge in [-0.2, -0.15) is 0 Å². The molecule has 0 spiro atoms. The van der Waals surface area contributed by atoms with Gasteiger partial charge in [-0.25, -0.2) is 9.97 Å². The Morgan fingerprint density at radius 1 is 1.11 bits per heavy atom. The lowest BCUT2D eigenvalue weighted by atomic mass is 10.2. The van der Waals surface area contributed by atoms with E-state index in [1.54, 1.807) is 6.33 Å². The highest BCUT2D eigenvalue weighted by Gasteiger charge is 2.20. The first-order valence-electron chi connectivity index (χ1n) is 6.56. The van der Waals surface area contributed by atoms with Gasteiger partial charge in [-0.15, -0.1) is 0 Å². The van der Waals surface area contributed by atoms with Crippen molar-refractivity contribution in [2.24, 2.45) is 0 Å². The van der Waals surface area contributed by atoms with Crippen LogP contribution in [0.2, 0.25) is 0 Å². The SMILES string of the molecule is CC(C)N1CCN(c2cc(N(C)C)ncn2)CC1. The second-order valence-electron chi connectivity index (χ2n) is 5.25. The molecule has 2 rings (SSSR count). The molecule has 0 N–H and O–H groups in total. The summed E-state index contributed by atoms with van der Waals surface area (Å²) < 4.78 is 0. The lowest BCUT2D eigenvalue weighted by Gasteiger charge is -2.37. The van der Waals surface area contributed by atoms with E-state index in [1.807, 2.05) is 19.0 Å². The topological polar surface area (TPSA) is 35.5 Å². The molecule has 0 saturated carbocycles. The normalized spacial score (nSPS) is 17.3. The van der Waals surface area contributed by atoms with Crippen molar-refractivity contribution in [3.8, 4) is 0 Å².